The van der Waals surface area contributed by atoms with Gasteiger partial charge in [-0.15, -0.1) is 5.10 Å². The van der Waals surface area contributed by atoms with Crippen LogP contribution in [-0.2, 0) is 4.79 Å². The van der Waals surface area contributed by atoms with Crippen LogP contribution in [-0.4, -0.2) is 45.5 Å². The highest BCUT2D eigenvalue weighted by atomic mass is 35.5. The third kappa shape index (κ3) is 5.09. The molecule has 0 radical (unpaired) electrons. The quantitative estimate of drug-likeness (QED) is 0.491. The molecule has 154 valence electrons. The number of hydrogen-bond acceptors (Lipinski definition) is 7. The summed E-state index contributed by atoms with van der Waals surface area (Å²) in [6.07, 6.45) is 0.209. The molecule has 0 bridgehead atoms. The van der Waals surface area contributed by atoms with Crippen LogP contribution < -0.4 is 9.64 Å². The molecule has 10 heteroatoms. The molecule has 0 aliphatic heterocycles. The summed E-state index contributed by atoms with van der Waals surface area (Å²) in [4.78, 5) is 14.5. The van der Waals surface area contributed by atoms with Crippen molar-refractivity contribution in [3.05, 3.63) is 53.1 Å². The van der Waals surface area contributed by atoms with Crippen molar-refractivity contribution in [2.75, 3.05) is 24.3 Å². The van der Waals surface area contributed by atoms with Gasteiger partial charge >= 0.3 is 0 Å². The number of benzene rings is 2. The first-order valence-corrected chi connectivity index (χ1v) is 10.4. The molecule has 2 aromatic carbocycles. The lowest BCUT2D eigenvalue weighted by Gasteiger charge is -2.21. The molecule has 0 N–H and O–H groups in total. The van der Waals surface area contributed by atoms with Gasteiger partial charge in [0.25, 0.3) is 0 Å². The van der Waals surface area contributed by atoms with Gasteiger partial charge in [0.1, 0.15) is 11.4 Å². The minimum Gasteiger partial charge on any atom is -0.494 e. The zero-order valence-electron chi connectivity index (χ0n) is 16.4. The Labute approximate surface area is 183 Å². The number of halogens is 1. The van der Waals surface area contributed by atoms with Crippen molar-refractivity contribution < 1.29 is 9.53 Å². The maximum Gasteiger partial charge on any atom is 0.237 e. The number of hydrogen-bond donors (Lipinski definition) is 0. The summed E-state index contributed by atoms with van der Waals surface area (Å²) < 4.78 is 6.96. The molecule has 0 spiro atoms. The van der Waals surface area contributed by atoms with E-state index in [2.05, 4.69) is 21.6 Å². The van der Waals surface area contributed by atoms with Crippen LogP contribution in [0, 0.1) is 18.3 Å². The second-order valence-corrected chi connectivity index (χ2v) is 7.65. The van der Waals surface area contributed by atoms with E-state index in [1.54, 1.807) is 41.0 Å². The lowest BCUT2D eigenvalue weighted by atomic mass is 10.2. The van der Waals surface area contributed by atoms with E-state index in [9.17, 15) is 4.79 Å². The Balaban J connectivity index is 1.80. The fraction of sp³-hybridized carbons (Fsp3) is 0.250. The van der Waals surface area contributed by atoms with Crippen molar-refractivity contribution in [1.29, 1.82) is 5.26 Å². The average molecular weight is 443 g/mol. The number of carbonyl (C=O) groups is 1. The van der Waals surface area contributed by atoms with Crippen molar-refractivity contribution in [3.8, 4) is 17.5 Å². The number of ether oxygens (including phenoxy) is 1. The van der Waals surface area contributed by atoms with Gasteiger partial charge in [-0.25, -0.2) is 0 Å². The van der Waals surface area contributed by atoms with Gasteiger partial charge in [-0.3, -0.25) is 4.79 Å². The summed E-state index contributed by atoms with van der Waals surface area (Å²) in [5.41, 5.74) is 2.36. The van der Waals surface area contributed by atoms with Crippen LogP contribution in [0.2, 0.25) is 5.02 Å². The van der Waals surface area contributed by atoms with Gasteiger partial charge in [0, 0.05) is 17.3 Å². The van der Waals surface area contributed by atoms with Crippen LogP contribution in [0.5, 0.6) is 5.75 Å². The van der Waals surface area contributed by atoms with E-state index < -0.39 is 0 Å². The molecule has 0 saturated carbocycles. The second-order valence-electron chi connectivity index (χ2n) is 6.27. The first-order valence-electron chi connectivity index (χ1n) is 9.02. The van der Waals surface area contributed by atoms with Gasteiger partial charge in [-0.05, 0) is 53.2 Å². The third-order valence-electron chi connectivity index (χ3n) is 4.20. The van der Waals surface area contributed by atoms with Crippen molar-refractivity contribution in [3.63, 3.8) is 0 Å². The van der Waals surface area contributed by atoms with Crippen LogP contribution in [0.4, 0.5) is 5.69 Å². The smallest absolute Gasteiger partial charge is 0.237 e. The molecular weight excluding hydrogens is 424 g/mol. The van der Waals surface area contributed by atoms with Crippen molar-refractivity contribution >= 4 is 35.0 Å². The van der Waals surface area contributed by atoms with Crippen LogP contribution in [0.25, 0.3) is 5.69 Å². The van der Waals surface area contributed by atoms with Gasteiger partial charge in [0.2, 0.25) is 11.1 Å². The van der Waals surface area contributed by atoms with Crippen LogP contribution in [0.3, 0.4) is 0 Å². The summed E-state index contributed by atoms with van der Waals surface area (Å²) >= 11 is 7.27. The Hall–Kier alpha value is -3.09. The summed E-state index contributed by atoms with van der Waals surface area (Å²) in [6.45, 7) is 2.23. The molecule has 3 rings (SSSR count). The fourth-order valence-corrected chi connectivity index (χ4v) is 3.74. The first-order chi connectivity index (χ1) is 14.5. The molecular formula is C20H19ClN6O2S. The van der Waals surface area contributed by atoms with Gasteiger partial charge < -0.3 is 9.64 Å². The van der Waals surface area contributed by atoms with Crippen molar-refractivity contribution in [2.45, 2.75) is 18.5 Å². The molecule has 1 amide bonds. The number of nitrogens with zero attached hydrogens (tertiary/aromatic N) is 6. The molecule has 3 aromatic rings. The zero-order valence-corrected chi connectivity index (χ0v) is 18.0. The molecule has 0 fully saturated rings. The highest BCUT2D eigenvalue weighted by Gasteiger charge is 2.19. The number of nitriles is 1. The number of tetrazole rings is 1. The Morgan fingerprint density at radius 2 is 2.17 bits per heavy atom. The maximum atomic E-state index is 12.9. The number of aromatic nitrogens is 4. The summed E-state index contributed by atoms with van der Waals surface area (Å²) in [6, 6.07) is 14.7. The lowest BCUT2D eigenvalue weighted by Crippen LogP contribution is -2.33. The Bertz CT molecular complexity index is 1080. The highest BCUT2D eigenvalue weighted by molar-refractivity contribution is 7.99. The minimum absolute atomic E-state index is 0.0897. The van der Waals surface area contributed by atoms with E-state index >= 15 is 0 Å². The number of thioether (sulfide) groups is 1. The number of carbonyl (C=O) groups excluding carboxylic acids is 1. The normalized spacial score (nSPS) is 10.5. The van der Waals surface area contributed by atoms with E-state index in [0.717, 1.165) is 5.56 Å². The van der Waals surface area contributed by atoms with Crippen LogP contribution in [0.1, 0.15) is 12.0 Å². The Morgan fingerprint density at radius 1 is 1.33 bits per heavy atom. The monoisotopic (exact) mass is 442 g/mol. The van der Waals surface area contributed by atoms with E-state index in [0.29, 0.717) is 27.3 Å². The standard InChI is InChI=1S/C20H19ClN6O2S/c1-14-7-8-18(29-2)17(11-14)27-20(23-24-25-27)30-13-19(28)26(10-4-9-22)16-6-3-5-15(21)12-16/h3,5-8,11-12H,4,10,13H2,1-2H3. The molecule has 0 saturated heterocycles. The second kappa shape index (κ2) is 10.1. The number of aryl methyl sites for hydroxylation is 1. The zero-order chi connectivity index (χ0) is 21.5. The first kappa shape index (κ1) is 21.6. The van der Waals surface area contributed by atoms with E-state index in [4.69, 9.17) is 21.6 Å². The van der Waals surface area contributed by atoms with Crippen LogP contribution >= 0.6 is 23.4 Å². The lowest BCUT2D eigenvalue weighted by molar-refractivity contribution is -0.116. The number of methoxy groups -OCH3 is 1. The van der Waals surface area contributed by atoms with Crippen molar-refractivity contribution in [2.24, 2.45) is 0 Å². The van der Waals surface area contributed by atoms with Gasteiger partial charge in [0.15, 0.2) is 0 Å². The fourth-order valence-electron chi connectivity index (χ4n) is 2.79. The Kier molecular flexibility index (Phi) is 7.27. The highest BCUT2D eigenvalue weighted by Crippen LogP contribution is 2.28. The molecule has 30 heavy (non-hydrogen) atoms. The van der Waals surface area contributed by atoms with Gasteiger partial charge in [-0.2, -0.15) is 9.94 Å². The Morgan fingerprint density at radius 3 is 2.90 bits per heavy atom. The number of amides is 1. The maximum absolute atomic E-state index is 12.9. The number of rotatable bonds is 8. The van der Waals surface area contributed by atoms with E-state index in [1.165, 1.54) is 11.8 Å². The summed E-state index contributed by atoms with van der Waals surface area (Å²) in [5, 5.41) is 21.8. The number of anilines is 1. The van der Waals surface area contributed by atoms with Gasteiger partial charge in [0.05, 0.1) is 25.4 Å². The minimum atomic E-state index is -0.178. The average Bonchev–Trinajstić information content (AvgIpc) is 3.21. The molecule has 0 unspecified atom stereocenters. The molecule has 0 aliphatic carbocycles. The SMILES string of the molecule is COc1ccc(C)cc1-n1nnnc1SCC(=O)N(CCC#N)c1cccc(Cl)c1. The summed E-state index contributed by atoms with van der Waals surface area (Å²) in [5.74, 6) is 0.533. The molecule has 1 heterocycles. The third-order valence-corrected chi connectivity index (χ3v) is 5.34. The predicted molar refractivity (Wildman–Crippen MR) is 115 cm³/mol. The predicted octanol–water partition coefficient (Wildman–Crippen LogP) is 3.67. The summed E-state index contributed by atoms with van der Waals surface area (Å²) in [7, 11) is 1.58. The largest absolute Gasteiger partial charge is 0.494 e. The molecule has 0 atom stereocenters. The molecule has 1 aromatic heterocycles. The molecule has 8 nitrogen and oxygen atoms in total. The van der Waals surface area contributed by atoms with Crippen LogP contribution in [0.15, 0.2) is 47.6 Å². The van der Waals surface area contributed by atoms with Gasteiger partial charge in [-0.1, -0.05) is 35.5 Å². The molecule has 0 aliphatic rings. The van der Waals surface area contributed by atoms with E-state index in [1.807, 2.05) is 25.1 Å². The van der Waals surface area contributed by atoms with Crippen molar-refractivity contribution in [1.82, 2.24) is 20.2 Å². The van der Waals surface area contributed by atoms with E-state index in [-0.39, 0.29) is 24.6 Å². The topological polar surface area (TPSA) is 96.9 Å².